The molecule has 2 aliphatic rings. The van der Waals surface area contributed by atoms with Crippen LogP contribution >= 0.6 is 0 Å². The highest BCUT2D eigenvalue weighted by molar-refractivity contribution is 7.92. The number of pyridine rings is 1. The lowest BCUT2D eigenvalue weighted by Crippen LogP contribution is -2.50. The monoisotopic (exact) mass is 335 g/mol. The highest BCUT2D eigenvalue weighted by atomic mass is 32.2. The van der Waals surface area contributed by atoms with Gasteiger partial charge in [0.05, 0.1) is 16.1 Å². The predicted molar refractivity (Wildman–Crippen MR) is 72.7 cm³/mol. The standard InChI is InChI=1S/C14H16F3NO3S/c15-14(16,17)12-5-4-9(8-18-12)13(19)6-10-2-1-3-11(7-13)22(10,20)21/h4-5,8,10-11,19H,1-3,6-7H2. The number of hydrogen-bond acceptors (Lipinski definition) is 4. The van der Waals surface area contributed by atoms with Crippen LogP contribution in [0.5, 0.6) is 0 Å². The lowest BCUT2D eigenvalue weighted by Gasteiger charge is -2.43. The van der Waals surface area contributed by atoms with E-state index in [9.17, 15) is 26.7 Å². The Kier molecular flexibility index (Phi) is 3.52. The summed E-state index contributed by atoms with van der Waals surface area (Å²) in [6.45, 7) is 0. The maximum atomic E-state index is 12.5. The molecule has 3 rings (SSSR count). The van der Waals surface area contributed by atoms with Gasteiger partial charge in [0, 0.05) is 11.8 Å². The smallest absolute Gasteiger partial charge is 0.385 e. The molecule has 0 radical (unpaired) electrons. The Morgan fingerprint density at radius 3 is 2.23 bits per heavy atom. The first-order valence-electron chi connectivity index (χ1n) is 7.12. The Bertz CT molecular complexity index is 650. The van der Waals surface area contributed by atoms with Gasteiger partial charge in [0.15, 0.2) is 9.84 Å². The molecular formula is C14H16F3NO3S. The molecule has 2 aliphatic heterocycles. The van der Waals surface area contributed by atoms with Crippen LogP contribution in [0.2, 0.25) is 0 Å². The molecule has 1 N–H and O–H groups in total. The van der Waals surface area contributed by atoms with E-state index in [4.69, 9.17) is 0 Å². The molecule has 0 aromatic carbocycles. The van der Waals surface area contributed by atoms with Gasteiger partial charge in [0.2, 0.25) is 0 Å². The number of aliphatic hydroxyl groups is 1. The lowest BCUT2D eigenvalue weighted by atomic mass is 9.81. The highest BCUT2D eigenvalue weighted by Gasteiger charge is 2.51. The molecule has 22 heavy (non-hydrogen) atoms. The molecule has 4 nitrogen and oxygen atoms in total. The molecule has 8 heteroatoms. The summed E-state index contributed by atoms with van der Waals surface area (Å²) >= 11 is 0. The van der Waals surface area contributed by atoms with Crippen LogP contribution in [0.3, 0.4) is 0 Å². The van der Waals surface area contributed by atoms with E-state index in [0.29, 0.717) is 12.8 Å². The normalized spacial score (nSPS) is 34.4. The molecule has 0 aliphatic carbocycles. The van der Waals surface area contributed by atoms with E-state index in [1.54, 1.807) is 0 Å². The SMILES string of the molecule is O=S1(=O)C2CCCC1CC(O)(c1ccc(C(F)(F)F)nc1)C2. The minimum absolute atomic E-state index is 0.0267. The second-order valence-electron chi connectivity index (χ2n) is 6.13. The van der Waals surface area contributed by atoms with E-state index in [1.165, 1.54) is 6.07 Å². The molecule has 1 aromatic heterocycles. The largest absolute Gasteiger partial charge is 0.433 e. The highest BCUT2D eigenvalue weighted by Crippen LogP contribution is 2.46. The molecule has 2 bridgehead atoms. The Hall–Kier alpha value is -1.15. The molecule has 0 spiro atoms. The maximum Gasteiger partial charge on any atom is 0.433 e. The van der Waals surface area contributed by atoms with Gasteiger partial charge in [-0.25, -0.2) is 8.42 Å². The average molecular weight is 335 g/mol. The van der Waals surface area contributed by atoms with Gasteiger partial charge in [-0.2, -0.15) is 13.2 Å². The van der Waals surface area contributed by atoms with Crippen LogP contribution < -0.4 is 0 Å². The van der Waals surface area contributed by atoms with Crippen LogP contribution in [0.4, 0.5) is 13.2 Å². The fourth-order valence-electron chi connectivity index (χ4n) is 3.52. The number of sulfone groups is 1. The molecule has 3 heterocycles. The van der Waals surface area contributed by atoms with Crippen molar-refractivity contribution >= 4 is 9.84 Å². The van der Waals surface area contributed by atoms with Crippen molar-refractivity contribution in [3.05, 3.63) is 29.6 Å². The van der Waals surface area contributed by atoms with E-state index in [2.05, 4.69) is 4.98 Å². The maximum absolute atomic E-state index is 12.5. The topological polar surface area (TPSA) is 67.3 Å². The van der Waals surface area contributed by atoms with Gasteiger partial charge in [0.25, 0.3) is 0 Å². The summed E-state index contributed by atoms with van der Waals surface area (Å²) in [5, 5.41) is 9.55. The predicted octanol–water partition coefficient (Wildman–Crippen LogP) is 2.42. The first-order chi connectivity index (χ1) is 10.1. The second-order valence-corrected chi connectivity index (χ2v) is 8.65. The lowest BCUT2D eigenvalue weighted by molar-refractivity contribution is -0.141. The average Bonchev–Trinajstić information content (AvgIpc) is 2.40. The van der Waals surface area contributed by atoms with Crippen molar-refractivity contribution in [1.82, 2.24) is 4.98 Å². The van der Waals surface area contributed by atoms with Gasteiger partial charge in [-0.3, -0.25) is 4.98 Å². The van der Waals surface area contributed by atoms with Crippen LogP contribution in [0, 0.1) is 0 Å². The molecular weight excluding hydrogens is 319 g/mol. The third kappa shape index (κ3) is 2.52. The van der Waals surface area contributed by atoms with Gasteiger partial charge in [-0.05, 0) is 31.7 Å². The molecule has 2 saturated heterocycles. The van der Waals surface area contributed by atoms with Gasteiger partial charge >= 0.3 is 6.18 Å². The van der Waals surface area contributed by atoms with Crippen LogP contribution in [-0.2, 0) is 21.6 Å². The summed E-state index contributed by atoms with van der Waals surface area (Å²) in [6.07, 6.45) is -1.68. The Morgan fingerprint density at radius 1 is 1.18 bits per heavy atom. The summed E-state index contributed by atoms with van der Waals surface area (Å²) in [5.41, 5.74) is -2.19. The third-order valence-electron chi connectivity index (χ3n) is 4.70. The summed E-state index contributed by atoms with van der Waals surface area (Å²) in [5.74, 6) is 0. The van der Waals surface area contributed by atoms with Crippen molar-refractivity contribution in [2.45, 2.75) is 54.4 Å². The quantitative estimate of drug-likeness (QED) is 0.856. The minimum Gasteiger partial charge on any atom is -0.385 e. The summed E-state index contributed by atoms with van der Waals surface area (Å²) in [4.78, 5) is 3.37. The van der Waals surface area contributed by atoms with E-state index in [-0.39, 0.29) is 18.4 Å². The molecule has 2 fully saturated rings. The van der Waals surface area contributed by atoms with Crippen molar-refractivity contribution in [3.8, 4) is 0 Å². The molecule has 122 valence electrons. The molecule has 1 aromatic rings. The fourth-order valence-corrected chi connectivity index (χ4v) is 6.07. The number of rotatable bonds is 1. The van der Waals surface area contributed by atoms with Gasteiger partial charge in [-0.1, -0.05) is 12.5 Å². The van der Waals surface area contributed by atoms with E-state index in [0.717, 1.165) is 18.7 Å². The Balaban J connectivity index is 1.92. The number of halogens is 3. The number of alkyl halides is 3. The minimum atomic E-state index is -4.53. The number of nitrogens with zero attached hydrogens (tertiary/aromatic N) is 1. The van der Waals surface area contributed by atoms with Crippen molar-refractivity contribution < 1.29 is 26.7 Å². The van der Waals surface area contributed by atoms with Crippen molar-refractivity contribution in [1.29, 1.82) is 0 Å². The first kappa shape index (κ1) is 15.7. The van der Waals surface area contributed by atoms with E-state index in [1.807, 2.05) is 0 Å². The van der Waals surface area contributed by atoms with Crippen molar-refractivity contribution in [2.75, 3.05) is 0 Å². The molecule has 0 saturated carbocycles. The summed E-state index contributed by atoms with van der Waals surface area (Å²) in [7, 11) is -3.24. The Labute approximate surface area is 126 Å². The molecule has 2 unspecified atom stereocenters. The Morgan fingerprint density at radius 2 is 1.77 bits per heavy atom. The summed E-state index contributed by atoms with van der Waals surface area (Å²) < 4.78 is 62.1. The van der Waals surface area contributed by atoms with Crippen molar-refractivity contribution in [2.24, 2.45) is 0 Å². The van der Waals surface area contributed by atoms with Crippen LogP contribution in [-0.4, -0.2) is 29.0 Å². The molecule has 2 atom stereocenters. The van der Waals surface area contributed by atoms with Gasteiger partial charge in [0.1, 0.15) is 5.69 Å². The van der Waals surface area contributed by atoms with E-state index < -0.39 is 37.8 Å². The third-order valence-corrected chi connectivity index (χ3v) is 7.37. The van der Waals surface area contributed by atoms with Gasteiger partial charge < -0.3 is 5.11 Å². The van der Waals surface area contributed by atoms with E-state index >= 15 is 0 Å². The zero-order chi connectivity index (χ0) is 16.2. The van der Waals surface area contributed by atoms with Gasteiger partial charge in [-0.15, -0.1) is 0 Å². The number of aromatic nitrogens is 1. The van der Waals surface area contributed by atoms with Crippen LogP contribution in [0.25, 0.3) is 0 Å². The zero-order valence-electron chi connectivity index (χ0n) is 11.7. The first-order valence-corrected chi connectivity index (χ1v) is 8.73. The number of hydrogen-bond donors (Lipinski definition) is 1. The summed E-state index contributed by atoms with van der Waals surface area (Å²) in [6, 6.07) is 2.02. The van der Waals surface area contributed by atoms with Crippen LogP contribution in [0.1, 0.15) is 43.4 Å². The number of fused-ring (bicyclic) bond motifs is 2. The van der Waals surface area contributed by atoms with Crippen molar-refractivity contribution in [3.63, 3.8) is 0 Å². The second kappa shape index (κ2) is 4.92. The zero-order valence-corrected chi connectivity index (χ0v) is 12.5. The van der Waals surface area contributed by atoms with Crippen LogP contribution in [0.15, 0.2) is 18.3 Å². The fraction of sp³-hybridized carbons (Fsp3) is 0.643. The molecule has 0 amide bonds.